The molecule has 28 heavy (non-hydrogen) atoms. The van der Waals surface area contributed by atoms with Crippen molar-refractivity contribution in [1.29, 1.82) is 0 Å². The van der Waals surface area contributed by atoms with Crippen LogP contribution in [0, 0.1) is 11.8 Å². The van der Waals surface area contributed by atoms with E-state index in [2.05, 4.69) is 53.4 Å². The summed E-state index contributed by atoms with van der Waals surface area (Å²) in [5.74, 6) is 2.31. The van der Waals surface area contributed by atoms with E-state index >= 15 is 0 Å². The summed E-state index contributed by atoms with van der Waals surface area (Å²) >= 11 is 2.76. The number of furan rings is 1. The third-order valence-corrected chi connectivity index (χ3v) is 5.46. The first-order chi connectivity index (χ1) is 13.4. The van der Waals surface area contributed by atoms with Gasteiger partial charge >= 0.3 is 0 Å². The van der Waals surface area contributed by atoms with Crippen LogP contribution < -0.4 is 5.32 Å². The van der Waals surface area contributed by atoms with Gasteiger partial charge < -0.3 is 4.42 Å². The fraction of sp³-hybridized carbons (Fsp3) is 0.500. The van der Waals surface area contributed by atoms with E-state index < -0.39 is 0 Å². The number of amides is 1. The minimum atomic E-state index is -0.143. The van der Waals surface area contributed by atoms with Gasteiger partial charge in [0.15, 0.2) is 16.7 Å². The molecule has 0 aliphatic heterocycles. The summed E-state index contributed by atoms with van der Waals surface area (Å²) in [6.45, 7) is 9.23. The monoisotopic (exact) mass is 420 g/mol. The number of carbonyl (C=O) groups excluding carboxylic acids is 1. The van der Waals surface area contributed by atoms with Gasteiger partial charge in [-0.1, -0.05) is 50.8 Å². The zero-order valence-electron chi connectivity index (χ0n) is 16.4. The van der Waals surface area contributed by atoms with Crippen molar-refractivity contribution in [3.63, 3.8) is 0 Å². The Morgan fingerprint density at radius 2 is 2.04 bits per heavy atom. The summed E-state index contributed by atoms with van der Waals surface area (Å²) in [4.78, 5) is 12.3. The Hall–Kier alpha value is -2.20. The van der Waals surface area contributed by atoms with Crippen molar-refractivity contribution < 1.29 is 9.21 Å². The third-order valence-electron chi connectivity index (χ3n) is 3.63. The highest BCUT2D eigenvalue weighted by Gasteiger charge is 2.18. The average Bonchev–Trinajstić information content (AvgIpc) is 3.34. The second-order valence-electron chi connectivity index (χ2n) is 7.22. The van der Waals surface area contributed by atoms with Crippen LogP contribution in [-0.2, 0) is 17.8 Å². The highest BCUT2D eigenvalue weighted by Crippen LogP contribution is 2.26. The second-order valence-corrected chi connectivity index (χ2v) is 9.23. The minimum absolute atomic E-state index is 0.143. The van der Waals surface area contributed by atoms with Crippen molar-refractivity contribution in [2.45, 2.75) is 45.8 Å². The summed E-state index contributed by atoms with van der Waals surface area (Å²) in [5.41, 5.74) is 0. The maximum Gasteiger partial charge on any atom is 0.236 e. The van der Waals surface area contributed by atoms with Gasteiger partial charge in [0.25, 0.3) is 0 Å². The molecule has 3 aromatic heterocycles. The van der Waals surface area contributed by atoms with E-state index in [0.29, 0.717) is 33.7 Å². The molecule has 0 aromatic carbocycles. The molecular weight excluding hydrogens is 396 g/mol. The van der Waals surface area contributed by atoms with E-state index in [-0.39, 0.29) is 11.7 Å². The summed E-state index contributed by atoms with van der Waals surface area (Å²) < 4.78 is 7.46. The summed E-state index contributed by atoms with van der Waals surface area (Å²) in [6.07, 6.45) is 2.47. The van der Waals surface area contributed by atoms with Crippen LogP contribution in [0.5, 0.6) is 0 Å². The predicted molar refractivity (Wildman–Crippen MR) is 110 cm³/mol. The van der Waals surface area contributed by atoms with Gasteiger partial charge in [-0.05, 0) is 24.0 Å². The van der Waals surface area contributed by atoms with Crippen molar-refractivity contribution in [3.8, 4) is 11.6 Å². The average molecular weight is 421 g/mol. The van der Waals surface area contributed by atoms with Gasteiger partial charge in [0, 0.05) is 13.0 Å². The summed E-state index contributed by atoms with van der Waals surface area (Å²) in [6, 6.07) is 3.67. The van der Waals surface area contributed by atoms with Crippen LogP contribution in [0.25, 0.3) is 11.6 Å². The molecule has 0 atom stereocenters. The number of anilines is 1. The van der Waals surface area contributed by atoms with Gasteiger partial charge in [0.05, 0.1) is 12.0 Å². The zero-order valence-corrected chi connectivity index (χ0v) is 18.0. The molecule has 0 saturated heterocycles. The minimum Gasteiger partial charge on any atom is -0.461 e. The van der Waals surface area contributed by atoms with Gasteiger partial charge in [0.1, 0.15) is 5.01 Å². The van der Waals surface area contributed by atoms with Crippen LogP contribution in [0.2, 0.25) is 0 Å². The Bertz CT molecular complexity index is 901. The van der Waals surface area contributed by atoms with Crippen LogP contribution in [0.15, 0.2) is 28.0 Å². The molecule has 1 N–H and O–H groups in total. The lowest BCUT2D eigenvalue weighted by Crippen LogP contribution is -2.15. The number of rotatable bonds is 9. The number of thioether (sulfide) groups is 1. The molecule has 1 amide bonds. The molecule has 150 valence electrons. The molecule has 0 fully saturated rings. The quantitative estimate of drug-likeness (QED) is 0.523. The summed E-state index contributed by atoms with van der Waals surface area (Å²) in [5, 5.41) is 21.6. The van der Waals surface area contributed by atoms with Gasteiger partial charge in [-0.15, -0.1) is 20.4 Å². The van der Waals surface area contributed by atoms with Crippen LogP contribution in [0.3, 0.4) is 0 Å². The molecule has 3 aromatic rings. The number of hydrogen-bond acceptors (Lipinski definition) is 8. The topological polar surface area (TPSA) is 98.7 Å². The number of aromatic nitrogens is 5. The SMILES string of the molecule is CC(C)Cc1nnc(NC(=O)CSc2nnc(-c3ccco3)n2CC(C)C)s1. The summed E-state index contributed by atoms with van der Waals surface area (Å²) in [7, 11) is 0. The van der Waals surface area contributed by atoms with Gasteiger partial charge in [-0.2, -0.15) is 0 Å². The molecule has 8 nitrogen and oxygen atoms in total. The van der Waals surface area contributed by atoms with Crippen LogP contribution in [0.1, 0.15) is 32.7 Å². The number of nitrogens with one attached hydrogen (secondary N) is 1. The molecule has 3 heterocycles. The predicted octanol–water partition coefficient (Wildman–Crippen LogP) is 3.97. The zero-order chi connectivity index (χ0) is 20.1. The van der Waals surface area contributed by atoms with Crippen molar-refractivity contribution in [1.82, 2.24) is 25.0 Å². The lowest BCUT2D eigenvalue weighted by molar-refractivity contribution is -0.113. The lowest BCUT2D eigenvalue weighted by Gasteiger charge is -2.11. The molecule has 0 unspecified atom stereocenters. The van der Waals surface area contributed by atoms with Crippen molar-refractivity contribution in [2.75, 3.05) is 11.1 Å². The van der Waals surface area contributed by atoms with Crippen LogP contribution in [-0.4, -0.2) is 36.6 Å². The van der Waals surface area contributed by atoms with Crippen LogP contribution in [0.4, 0.5) is 5.13 Å². The molecular formula is C18H24N6O2S2. The molecule has 0 aliphatic rings. The highest BCUT2D eigenvalue weighted by atomic mass is 32.2. The number of nitrogens with zero attached hydrogens (tertiary/aromatic N) is 5. The molecule has 10 heteroatoms. The van der Waals surface area contributed by atoms with Crippen LogP contribution >= 0.6 is 23.1 Å². The smallest absolute Gasteiger partial charge is 0.236 e. The third kappa shape index (κ3) is 5.41. The first-order valence-corrected chi connectivity index (χ1v) is 10.9. The van der Waals surface area contributed by atoms with E-state index in [1.165, 1.54) is 23.1 Å². The van der Waals surface area contributed by atoms with Gasteiger partial charge in [-0.3, -0.25) is 14.7 Å². The van der Waals surface area contributed by atoms with Crippen molar-refractivity contribution in [2.24, 2.45) is 11.8 Å². The van der Waals surface area contributed by atoms with E-state index in [4.69, 9.17) is 4.42 Å². The Morgan fingerprint density at radius 1 is 1.21 bits per heavy atom. The maximum atomic E-state index is 12.3. The van der Waals surface area contributed by atoms with Gasteiger partial charge in [0.2, 0.25) is 11.0 Å². The molecule has 0 radical (unpaired) electrons. The lowest BCUT2D eigenvalue weighted by atomic mass is 10.1. The number of hydrogen-bond donors (Lipinski definition) is 1. The Kier molecular flexibility index (Phi) is 6.84. The Balaban J connectivity index is 1.63. The molecule has 3 rings (SSSR count). The number of carbonyl (C=O) groups is 1. The fourth-order valence-corrected chi connectivity index (χ4v) is 4.25. The Labute approximate surface area is 172 Å². The molecule has 0 aliphatic carbocycles. The first kappa shape index (κ1) is 20.5. The van der Waals surface area contributed by atoms with E-state index in [9.17, 15) is 4.79 Å². The standard InChI is InChI=1S/C18H24N6O2S2/c1-11(2)8-15-20-22-17(28-15)19-14(25)10-27-18-23-21-16(13-6-5-7-26-13)24(18)9-12(3)4/h5-7,11-12H,8-10H2,1-4H3,(H,19,22,25). The largest absolute Gasteiger partial charge is 0.461 e. The van der Waals surface area contributed by atoms with E-state index in [0.717, 1.165) is 18.0 Å². The normalized spacial score (nSPS) is 11.5. The van der Waals surface area contributed by atoms with Crippen molar-refractivity contribution >= 4 is 34.1 Å². The second kappa shape index (κ2) is 9.33. The molecule has 0 saturated carbocycles. The van der Waals surface area contributed by atoms with E-state index in [1.54, 1.807) is 6.26 Å². The van der Waals surface area contributed by atoms with E-state index in [1.807, 2.05) is 16.7 Å². The molecule has 0 bridgehead atoms. The first-order valence-electron chi connectivity index (χ1n) is 9.14. The molecule has 0 spiro atoms. The Morgan fingerprint density at radius 3 is 2.71 bits per heavy atom. The highest BCUT2D eigenvalue weighted by molar-refractivity contribution is 7.99. The fourth-order valence-electron chi connectivity index (χ4n) is 2.53. The van der Waals surface area contributed by atoms with Crippen molar-refractivity contribution in [3.05, 3.63) is 23.4 Å². The van der Waals surface area contributed by atoms with Gasteiger partial charge in [-0.25, -0.2) is 0 Å². The maximum absolute atomic E-state index is 12.3.